The van der Waals surface area contributed by atoms with Gasteiger partial charge in [-0.15, -0.1) is 0 Å². The predicted molar refractivity (Wildman–Crippen MR) is 118 cm³/mol. The van der Waals surface area contributed by atoms with Crippen LogP contribution >= 0.6 is 0 Å². The highest BCUT2D eigenvalue weighted by molar-refractivity contribution is 6.05. The molecule has 0 spiro atoms. The van der Waals surface area contributed by atoms with Crippen LogP contribution in [0.3, 0.4) is 0 Å². The predicted octanol–water partition coefficient (Wildman–Crippen LogP) is 5.78. The van der Waals surface area contributed by atoms with Crippen molar-refractivity contribution in [2.45, 2.75) is 6.92 Å². The molecule has 0 aliphatic carbocycles. The zero-order valence-electron chi connectivity index (χ0n) is 17.0. The summed E-state index contributed by atoms with van der Waals surface area (Å²) in [5.74, 6) is 1.97. The van der Waals surface area contributed by atoms with Crippen molar-refractivity contribution in [3.05, 3.63) is 105 Å². The number of allylic oxidation sites excluding steroid dienone is 3. The number of nitro benzene ring substituents is 1. The lowest BCUT2D eigenvalue weighted by Gasteiger charge is -2.22. The van der Waals surface area contributed by atoms with Gasteiger partial charge in [0.05, 0.1) is 17.6 Å². The van der Waals surface area contributed by atoms with Gasteiger partial charge in [-0.3, -0.25) is 10.1 Å². The van der Waals surface area contributed by atoms with Gasteiger partial charge in [-0.2, -0.15) is 5.26 Å². The molecule has 1 aliphatic heterocycles. The minimum atomic E-state index is -0.461. The number of non-ortho nitro benzene ring substituents is 1. The van der Waals surface area contributed by atoms with E-state index in [1.807, 2.05) is 55.5 Å². The Morgan fingerprint density at radius 1 is 1.06 bits per heavy atom. The Morgan fingerprint density at radius 2 is 1.77 bits per heavy atom. The number of ether oxygens (including phenoxy) is 2. The lowest BCUT2D eigenvalue weighted by molar-refractivity contribution is -0.384. The standard InChI is InChI=1S/C25H18N2O4/c1-16-3-12-24-22(13-16)21(14-25(31-24)18-6-10-20(30-2)11-7-18)23(15-26)17-4-8-19(9-5-17)27(28)29/h3-14H,1-2H3/b23-21+. The van der Waals surface area contributed by atoms with Crippen molar-refractivity contribution in [3.8, 4) is 17.6 Å². The normalized spacial score (nSPS) is 13.9. The van der Waals surface area contributed by atoms with Crippen molar-refractivity contribution >= 4 is 22.6 Å². The number of nitrogens with zero attached hydrogens (tertiary/aromatic N) is 2. The van der Waals surface area contributed by atoms with Crippen LogP contribution in [0.2, 0.25) is 0 Å². The molecule has 0 amide bonds. The first-order valence-corrected chi connectivity index (χ1v) is 9.54. The number of methoxy groups -OCH3 is 1. The number of nitro groups is 1. The minimum Gasteiger partial charge on any atom is -0.497 e. The summed E-state index contributed by atoms with van der Waals surface area (Å²) in [5.41, 5.74) is 4.36. The SMILES string of the molecule is COc1ccc(C2=C/C(=C(/C#N)c3ccc([N+](=O)[O-])cc3)c3cc(C)ccc3O2)cc1. The molecule has 3 aromatic rings. The molecule has 3 aromatic carbocycles. The van der Waals surface area contributed by atoms with Crippen LogP contribution in [0.1, 0.15) is 22.3 Å². The zero-order chi connectivity index (χ0) is 22.0. The van der Waals surface area contributed by atoms with Gasteiger partial charge in [0.15, 0.2) is 0 Å². The van der Waals surface area contributed by atoms with Crippen molar-refractivity contribution in [2.24, 2.45) is 0 Å². The average Bonchev–Trinajstić information content (AvgIpc) is 2.80. The van der Waals surface area contributed by atoms with E-state index in [-0.39, 0.29) is 5.69 Å². The topological polar surface area (TPSA) is 85.4 Å². The van der Waals surface area contributed by atoms with Crippen LogP contribution in [-0.4, -0.2) is 12.0 Å². The van der Waals surface area contributed by atoms with E-state index >= 15 is 0 Å². The Balaban J connectivity index is 1.90. The fraction of sp³-hybridized carbons (Fsp3) is 0.0800. The van der Waals surface area contributed by atoms with Gasteiger partial charge in [0.25, 0.3) is 5.69 Å². The molecule has 1 heterocycles. The molecule has 0 bridgehead atoms. The first kappa shape index (κ1) is 19.9. The molecule has 31 heavy (non-hydrogen) atoms. The van der Waals surface area contributed by atoms with Crippen LogP contribution in [0.5, 0.6) is 11.5 Å². The maximum atomic E-state index is 11.0. The van der Waals surface area contributed by atoms with Crippen LogP contribution in [0.15, 0.2) is 72.8 Å². The highest BCUT2D eigenvalue weighted by Crippen LogP contribution is 2.41. The van der Waals surface area contributed by atoms with Gasteiger partial charge in [0.2, 0.25) is 0 Å². The summed E-state index contributed by atoms with van der Waals surface area (Å²) in [7, 11) is 1.61. The number of nitriles is 1. The number of benzene rings is 3. The monoisotopic (exact) mass is 410 g/mol. The molecule has 152 valence electrons. The van der Waals surface area contributed by atoms with E-state index in [9.17, 15) is 15.4 Å². The number of fused-ring (bicyclic) bond motifs is 1. The van der Waals surface area contributed by atoms with Gasteiger partial charge in [-0.1, -0.05) is 11.6 Å². The van der Waals surface area contributed by atoms with E-state index in [4.69, 9.17) is 9.47 Å². The Kier molecular flexibility index (Phi) is 5.25. The highest BCUT2D eigenvalue weighted by atomic mass is 16.6. The number of rotatable bonds is 4. The van der Waals surface area contributed by atoms with Crippen LogP contribution in [0, 0.1) is 28.4 Å². The maximum Gasteiger partial charge on any atom is 0.269 e. The summed E-state index contributed by atoms with van der Waals surface area (Å²) < 4.78 is 11.4. The summed E-state index contributed by atoms with van der Waals surface area (Å²) in [6.07, 6.45) is 1.84. The highest BCUT2D eigenvalue weighted by Gasteiger charge is 2.22. The number of hydrogen-bond acceptors (Lipinski definition) is 5. The van der Waals surface area contributed by atoms with E-state index in [1.165, 1.54) is 12.1 Å². The summed E-state index contributed by atoms with van der Waals surface area (Å²) in [6.45, 7) is 1.97. The number of hydrogen-bond donors (Lipinski definition) is 0. The summed E-state index contributed by atoms with van der Waals surface area (Å²) in [4.78, 5) is 10.5. The first-order chi connectivity index (χ1) is 15.0. The number of aryl methyl sites for hydroxylation is 1. The van der Waals surface area contributed by atoms with Gasteiger partial charge in [0, 0.05) is 28.8 Å². The molecule has 0 radical (unpaired) electrons. The molecule has 0 atom stereocenters. The largest absolute Gasteiger partial charge is 0.497 e. The van der Waals surface area contributed by atoms with Crippen LogP contribution < -0.4 is 9.47 Å². The lowest BCUT2D eigenvalue weighted by atomic mass is 9.91. The molecule has 6 heteroatoms. The molecule has 0 N–H and O–H groups in total. The summed E-state index contributed by atoms with van der Waals surface area (Å²) in [6, 6.07) is 21.5. The van der Waals surface area contributed by atoms with Crippen LogP contribution in [0.25, 0.3) is 16.9 Å². The van der Waals surface area contributed by atoms with Gasteiger partial charge in [-0.25, -0.2) is 0 Å². The van der Waals surface area contributed by atoms with Crippen LogP contribution in [0.4, 0.5) is 5.69 Å². The molecule has 0 saturated carbocycles. The first-order valence-electron chi connectivity index (χ1n) is 9.54. The zero-order valence-corrected chi connectivity index (χ0v) is 17.0. The van der Waals surface area contributed by atoms with Crippen molar-refractivity contribution in [1.29, 1.82) is 5.26 Å². The van der Waals surface area contributed by atoms with Gasteiger partial charge in [0.1, 0.15) is 23.3 Å². The Labute approximate surface area is 179 Å². The quantitative estimate of drug-likeness (QED) is 0.309. The maximum absolute atomic E-state index is 11.0. The second-order valence-electron chi connectivity index (χ2n) is 7.04. The van der Waals surface area contributed by atoms with E-state index in [1.54, 1.807) is 19.2 Å². The molecular weight excluding hydrogens is 392 g/mol. The van der Waals surface area contributed by atoms with Gasteiger partial charge < -0.3 is 9.47 Å². The average molecular weight is 410 g/mol. The van der Waals surface area contributed by atoms with Gasteiger partial charge >= 0.3 is 0 Å². The molecule has 0 saturated heterocycles. The third-order valence-electron chi connectivity index (χ3n) is 5.04. The second-order valence-corrected chi connectivity index (χ2v) is 7.04. The molecule has 6 nitrogen and oxygen atoms in total. The van der Waals surface area contributed by atoms with E-state index < -0.39 is 4.92 Å². The smallest absolute Gasteiger partial charge is 0.269 e. The lowest BCUT2D eigenvalue weighted by Crippen LogP contribution is -2.05. The summed E-state index contributed by atoms with van der Waals surface area (Å²) >= 11 is 0. The Morgan fingerprint density at radius 3 is 2.39 bits per heavy atom. The molecule has 0 unspecified atom stereocenters. The third kappa shape index (κ3) is 3.89. The van der Waals surface area contributed by atoms with Crippen molar-refractivity contribution in [1.82, 2.24) is 0 Å². The molecule has 4 rings (SSSR count). The van der Waals surface area contributed by atoms with Crippen molar-refractivity contribution < 1.29 is 14.4 Å². The van der Waals surface area contributed by atoms with E-state index in [0.717, 1.165) is 22.4 Å². The molecule has 1 aliphatic rings. The second kappa shape index (κ2) is 8.17. The Hall–Kier alpha value is -4.37. The Bertz CT molecular complexity index is 1260. The van der Waals surface area contributed by atoms with Crippen molar-refractivity contribution in [2.75, 3.05) is 7.11 Å². The fourth-order valence-electron chi connectivity index (χ4n) is 3.43. The summed E-state index contributed by atoms with van der Waals surface area (Å²) in [5, 5.41) is 21.0. The minimum absolute atomic E-state index is 0.0243. The molecule has 0 aromatic heterocycles. The fourth-order valence-corrected chi connectivity index (χ4v) is 3.43. The van der Waals surface area contributed by atoms with E-state index in [0.29, 0.717) is 28.2 Å². The van der Waals surface area contributed by atoms with Gasteiger partial charge in [-0.05, 0) is 67.1 Å². The molecular formula is C25H18N2O4. The van der Waals surface area contributed by atoms with Crippen molar-refractivity contribution in [3.63, 3.8) is 0 Å². The van der Waals surface area contributed by atoms with E-state index in [2.05, 4.69) is 6.07 Å². The molecule has 0 fully saturated rings. The van der Waals surface area contributed by atoms with Crippen LogP contribution in [-0.2, 0) is 0 Å². The third-order valence-corrected chi connectivity index (χ3v) is 5.04.